The summed E-state index contributed by atoms with van der Waals surface area (Å²) in [6.45, 7) is 0.423. The van der Waals surface area contributed by atoms with Gasteiger partial charge in [0.25, 0.3) is 5.91 Å². The van der Waals surface area contributed by atoms with E-state index in [0.717, 1.165) is 6.07 Å². The molecule has 1 aromatic heterocycles. The van der Waals surface area contributed by atoms with Gasteiger partial charge in [-0.15, -0.1) is 0 Å². The average Bonchev–Trinajstić information content (AvgIpc) is 3.50. The quantitative estimate of drug-likeness (QED) is 0.429. The number of primary sulfonamides is 1. The highest BCUT2D eigenvalue weighted by Gasteiger charge is 2.43. The SMILES string of the molecule is NS(=O)(=O)c1cc(S(=O)(=O)c2ccccc2)cc(C2CCN(C(=O)[C@@H]3CCCN3C(=O)c3ccncc3)CC2)c1C(F)(F)F. The third-order valence-electron chi connectivity index (χ3n) is 8.03. The molecule has 2 fully saturated rings. The predicted octanol–water partition coefficient (Wildman–Crippen LogP) is 3.59. The van der Waals surface area contributed by atoms with Gasteiger partial charge in [-0.25, -0.2) is 22.0 Å². The summed E-state index contributed by atoms with van der Waals surface area (Å²) in [7, 11) is -9.42. The minimum atomic E-state index is -5.17. The summed E-state index contributed by atoms with van der Waals surface area (Å²) >= 11 is 0. The molecule has 2 aromatic carbocycles. The number of carbonyl (C=O) groups is 2. The fourth-order valence-corrected chi connectivity index (χ4v) is 8.13. The van der Waals surface area contributed by atoms with Gasteiger partial charge in [-0.05, 0) is 73.6 Å². The summed E-state index contributed by atoms with van der Waals surface area (Å²) in [5, 5.41) is 5.20. The molecule has 2 saturated heterocycles. The molecule has 5 rings (SSSR count). The molecule has 0 radical (unpaired) electrons. The Morgan fingerprint density at radius 2 is 1.50 bits per heavy atom. The third kappa shape index (κ3) is 6.21. The number of hydrogen-bond donors (Lipinski definition) is 1. The Balaban J connectivity index is 1.45. The van der Waals surface area contributed by atoms with E-state index < -0.39 is 58.9 Å². The van der Waals surface area contributed by atoms with Gasteiger partial charge in [0.05, 0.1) is 20.2 Å². The van der Waals surface area contributed by atoms with Crippen LogP contribution in [0.4, 0.5) is 13.2 Å². The lowest BCUT2D eigenvalue weighted by atomic mass is 9.86. The summed E-state index contributed by atoms with van der Waals surface area (Å²) in [5.41, 5.74) is -1.64. The van der Waals surface area contributed by atoms with E-state index in [9.17, 15) is 39.6 Å². The summed E-state index contributed by atoms with van der Waals surface area (Å²) in [6, 6.07) is 10.6. The molecular weight excluding hydrogens is 621 g/mol. The number of sulfonamides is 1. The number of rotatable bonds is 6. The largest absolute Gasteiger partial charge is 0.417 e. The van der Waals surface area contributed by atoms with E-state index in [1.165, 1.54) is 46.5 Å². The average molecular weight is 651 g/mol. The Morgan fingerprint density at radius 1 is 0.864 bits per heavy atom. The number of likely N-dealkylation sites (tertiary alicyclic amines) is 2. The molecule has 3 aromatic rings. The van der Waals surface area contributed by atoms with Crippen LogP contribution in [0.3, 0.4) is 0 Å². The van der Waals surface area contributed by atoms with Crippen molar-refractivity contribution < 1.29 is 39.6 Å². The number of aromatic nitrogens is 1. The summed E-state index contributed by atoms with van der Waals surface area (Å²) in [6.07, 6.45) is -1.18. The number of piperidine rings is 1. The number of nitrogens with zero attached hydrogens (tertiary/aromatic N) is 3. The second kappa shape index (κ2) is 11.9. The predicted molar refractivity (Wildman–Crippen MR) is 152 cm³/mol. The van der Waals surface area contributed by atoms with Crippen LogP contribution in [0.2, 0.25) is 0 Å². The van der Waals surface area contributed by atoms with Gasteiger partial charge in [-0.2, -0.15) is 13.2 Å². The summed E-state index contributed by atoms with van der Waals surface area (Å²) < 4.78 is 94.9. The lowest BCUT2D eigenvalue weighted by Crippen LogP contribution is -2.49. The molecule has 1 atom stereocenters. The molecule has 2 amide bonds. The number of amides is 2. The Labute approximate surface area is 252 Å². The van der Waals surface area contributed by atoms with Crippen LogP contribution in [-0.2, 0) is 30.8 Å². The second-order valence-electron chi connectivity index (χ2n) is 10.7. The Hall–Kier alpha value is -3.82. The van der Waals surface area contributed by atoms with Crippen molar-refractivity contribution in [2.45, 2.75) is 58.5 Å². The van der Waals surface area contributed by atoms with Gasteiger partial charge in [0.2, 0.25) is 25.8 Å². The maximum absolute atomic E-state index is 14.4. The number of sulfone groups is 1. The van der Waals surface area contributed by atoms with E-state index in [4.69, 9.17) is 5.14 Å². The first-order chi connectivity index (χ1) is 20.7. The molecule has 0 bridgehead atoms. The smallest absolute Gasteiger partial charge is 0.341 e. The van der Waals surface area contributed by atoms with Crippen molar-refractivity contribution >= 4 is 31.7 Å². The monoisotopic (exact) mass is 650 g/mol. The number of carbonyl (C=O) groups excluding carboxylic acids is 2. The standard InChI is InChI=1S/C29H29F3N4O6S2/c30-29(31,32)26-23(17-22(18-25(26)44(33,41)42)43(39,40)21-5-2-1-3-6-21)19-10-15-35(16-11-19)28(38)24-7-4-14-36(24)27(37)20-8-12-34-13-9-20/h1-3,5-6,8-9,12-13,17-19,24H,4,7,10-11,14-16H2,(H2,33,41,42)/t24-/m0/s1. The minimum absolute atomic E-state index is 0.00125. The van der Waals surface area contributed by atoms with Crippen molar-refractivity contribution in [2.24, 2.45) is 5.14 Å². The van der Waals surface area contributed by atoms with Gasteiger partial charge in [0.1, 0.15) is 6.04 Å². The van der Waals surface area contributed by atoms with Crippen LogP contribution < -0.4 is 5.14 Å². The Bertz CT molecular complexity index is 1780. The molecule has 234 valence electrons. The van der Waals surface area contributed by atoms with Gasteiger partial charge in [-0.1, -0.05) is 18.2 Å². The molecular formula is C29H29F3N4O6S2. The zero-order chi connectivity index (χ0) is 31.9. The van der Waals surface area contributed by atoms with Crippen molar-refractivity contribution in [1.29, 1.82) is 0 Å². The fraction of sp³-hybridized carbons (Fsp3) is 0.345. The van der Waals surface area contributed by atoms with Crippen LogP contribution in [0.1, 0.15) is 53.1 Å². The highest BCUT2D eigenvalue weighted by molar-refractivity contribution is 7.91. The number of alkyl halides is 3. The van der Waals surface area contributed by atoms with Crippen molar-refractivity contribution in [3.63, 3.8) is 0 Å². The molecule has 0 saturated carbocycles. The summed E-state index contributed by atoms with van der Waals surface area (Å²) in [5.74, 6) is -1.58. The van der Waals surface area contributed by atoms with E-state index in [-0.39, 0.29) is 42.6 Å². The lowest BCUT2D eigenvalue weighted by molar-refractivity contribution is -0.141. The first-order valence-electron chi connectivity index (χ1n) is 13.8. The van der Waals surface area contributed by atoms with Crippen molar-refractivity contribution in [1.82, 2.24) is 14.8 Å². The molecule has 3 heterocycles. The van der Waals surface area contributed by atoms with Gasteiger partial charge in [0.15, 0.2) is 0 Å². The second-order valence-corrected chi connectivity index (χ2v) is 14.2. The minimum Gasteiger partial charge on any atom is -0.341 e. The normalized spacial score (nSPS) is 18.4. The molecule has 0 aliphatic carbocycles. The first-order valence-corrected chi connectivity index (χ1v) is 16.8. The molecule has 15 heteroatoms. The zero-order valence-electron chi connectivity index (χ0n) is 23.3. The topological polar surface area (TPSA) is 148 Å². The van der Waals surface area contributed by atoms with Gasteiger partial charge in [0, 0.05) is 37.6 Å². The third-order valence-corrected chi connectivity index (χ3v) is 10.7. The van der Waals surface area contributed by atoms with Crippen molar-refractivity contribution in [2.75, 3.05) is 19.6 Å². The van der Waals surface area contributed by atoms with Crippen LogP contribution in [0.25, 0.3) is 0 Å². The van der Waals surface area contributed by atoms with Crippen LogP contribution in [0, 0.1) is 0 Å². The van der Waals surface area contributed by atoms with Crippen LogP contribution in [0.15, 0.2) is 81.7 Å². The first kappa shape index (κ1) is 31.6. The highest BCUT2D eigenvalue weighted by Crippen LogP contribution is 2.44. The zero-order valence-corrected chi connectivity index (χ0v) is 24.9. The van der Waals surface area contributed by atoms with Crippen LogP contribution in [-0.4, -0.2) is 69.1 Å². The molecule has 0 spiro atoms. The molecule has 0 unspecified atom stereocenters. The number of halogens is 3. The van der Waals surface area contributed by atoms with Gasteiger partial charge in [-0.3, -0.25) is 14.6 Å². The number of nitrogens with two attached hydrogens (primary N) is 1. The molecule has 10 nitrogen and oxygen atoms in total. The number of benzene rings is 2. The van der Waals surface area contributed by atoms with Crippen LogP contribution in [0.5, 0.6) is 0 Å². The maximum Gasteiger partial charge on any atom is 0.417 e. The molecule has 2 aliphatic rings. The molecule has 44 heavy (non-hydrogen) atoms. The van der Waals surface area contributed by atoms with Crippen molar-refractivity contribution in [3.05, 3.63) is 83.7 Å². The van der Waals surface area contributed by atoms with E-state index in [1.54, 1.807) is 18.2 Å². The fourth-order valence-electron chi connectivity index (χ4n) is 5.90. The van der Waals surface area contributed by atoms with E-state index in [2.05, 4.69) is 4.98 Å². The van der Waals surface area contributed by atoms with Gasteiger partial charge >= 0.3 is 6.18 Å². The maximum atomic E-state index is 14.4. The summed E-state index contributed by atoms with van der Waals surface area (Å²) in [4.78, 5) is 31.2. The number of pyridine rings is 1. The lowest BCUT2D eigenvalue weighted by Gasteiger charge is -2.36. The Morgan fingerprint density at radius 3 is 2.09 bits per heavy atom. The van der Waals surface area contributed by atoms with E-state index in [0.29, 0.717) is 31.0 Å². The highest BCUT2D eigenvalue weighted by atomic mass is 32.2. The van der Waals surface area contributed by atoms with Gasteiger partial charge < -0.3 is 9.80 Å². The number of hydrogen-bond acceptors (Lipinski definition) is 7. The van der Waals surface area contributed by atoms with Crippen LogP contribution >= 0.6 is 0 Å². The molecule has 2 N–H and O–H groups in total. The van der Waals surface area contributed by atoms with E-state index >= 15 is 0 Å². The van der Waals surface area contributed by atoms with Crippen molar-refractivity contribution in [3.8, 4) is 0 Å². The van der Waals surface area contributed by atoms with E-state index in [1.807, 2.05) is 0 Å². The molecule has 2 aliphatic heterocycles. The Kier molecular flexibility index (Phi) is 8.57.